The van der Waals surface area contributed by atoms with Gasteiger partial charge in [0.2, 0.25) is 11.8 Å². The summed E-state index contributed by atoms with van der Waals surface area (Å²) in [6.07, 6.45) is 2.49. The van der Waals surface area contributed by atoms with Crippen molar-refractivity contribution in [3.05, 3.63) is 58.7 Å². The molecule has 1 aliphatic carbocycles. The summed E-state index contributed by atoms with van der Waals surface area (Å²) in [6.45, 7) is 0.0128. The Labute approximate surface area is 219 Å². The largest absolute Gasteiger partial charge is 0.489 e. The van der Waals surface area contributed by atoms with E-state index in [4.69, 9.17) is 4.74 Å². The fraction of sp³-hybridized carbons (Fsp3) is 0.464. The van der Waals surface area contributed by atoms with Crippen LogP contribution in [0.3, 0.4) is 0 Å². The lowest BCUT2D eigenvalue weighted by Gasteiger charge is -2.22. The van der Waals surface area contributed by atoms with E-state index in [0.717, 1.165) is 29.5 Å². The van der Waals surface area contributed by atoms with Gasteiger partial charge in [-0.15, -0.1) is 0 Å². The molecule has 38 heavy (non-hydrogen) atoms. The third-order valence-corrected chi connectivity index (χ3v) is 7.46. The van der Waals surface area contributed by atoms with Gasteiger partial charge in [-0.05, 0) is 60.1 Å². The van der Waals surface area contributed by atoms with Crippen LogP contribution in [0.25, 0.3) is 0 Å². The third-order valence-electron chi connectivity index (χ3n) is 7.46. The minimum atomic E-state index is -2.97. The van der Waals surface area contributed by atoms with Crippen molar-refractivity contribution in [3.8, 4) is 11.5 Å². The summed E-state index contributed by atoms with van der Waals surface area (Å²) in [7, 11) is 1.75. The Bertz CT molecular complexity index is 1250. The average Bonchev–Trinajstić information content (AvgIpc) is 3.53. The molecule has 8 nitrogen and oxygen atoms in total. The lowest BCUT2D eigenvalue weighted by Crippen LogP contribution is -2.44. The molecule has 2 heterocycles. The summed E-state index contributed by atoms with van der Waals surface area (Å²) >= 11 is 0. The number of hydrogen-bond acceptors (Lipinski definition) is 5. The fourth-order valence-corrected chi connectivity index (χ4v) is 5.16. The minimum absolute atomic E-state index is 0.0286. The van der Waals surface area contributed by atoms with Crippen LogP contribution in [0.2, 0.25) is 0 Å². The lowest BCUT2D eigenvalue weighted by molar-refractivity contribution is -0.136. The Morgan fingerprint density at radius 3 is 2.63 bits per heavy atom. The molecule has 1 saturated carbocycles. The van der Waals surface area contributed by atoms with Crippen LogP contribution in [0.4, 0.5) is 8.78 Å². The summed E-state index contributed by atoms with van der Waals surface area (Å²) in [5, 5.41) is 2.91. The predicted octanol–water partition coefficient (Wildman–Crippen LogP) is 3.68. The lowest BCUT2D eigenvalue weighted by atomic mass is 9.95. The first-order valence-corrected chi connectivity index (χ1v) is 12.8. The van der Waals surface area contributed by atoms with Crippen molar-refractivity contribution >= 4 is 17.7 Å². The molecule has 2 aliphatic heterocycles. The van der Waals surface area contributed by atoms with Crippen LogP contribution in [0.15, 0.2) is 36.4 Å². The molecule has 202 valence electrons. The van der Waals surface area contributed by atoms with Crippen molar-refractivity contribution in [1.29, 1.82) is 0 Å². The molecule has 0 radical (unpaired) electrons. The van der Waals surface area contributed by atoms with Crippen molar-refractivity contribution in [2.24, 2.45) is 5.92 Å². The maximum Gasteiger partial charge on any atom is 0.387 e. The van der Waals surface area contributed by atoms with Crippen LogP contribution >= 0.6 is 0 Å². The fourth-order valence-electron chi connectivity index (χ4n) is 5.16. The van der Waals surface area contributed by atoms with Crippen LogP contribution in [0.1, 0.15) is 59.2 Å². The molecule has 3 amide bonds. The van der Waals surface area contributed by atoms with E-state index in [2.05, 4.69) is 10.1 Å². The van der Waals surface area contributed by atoms with E-state index in [-0.39, 0.29) is 41.7 Å². The molecular weight excluding hydrogens is 496 g/mol. The highest BCUT2D eigenvalue weighted by Crippen LogP contribution is 2.39. The van der Waals surface area contributed by atoms with Crippen LogP contribution in [0.5, 0.6) is 11.5 Å². The number of nitrogens with one attached hydrogen (secondary N) is 1. The molecule has 1 saturated heterocycles. The smallest absolute Gasteiger partial charge is 0.387 e. The molecule has 0 aromatic heterocycles. The number of amides is 3. The first-order valence-electron chi connectivity index (χ1n) is 12.8. The maximum absolute atomic E-state index is 13.2. The second-order valence-corrected chi connectivity index (χ2v) is 10.3. The van der Waals surface area contributed by atoms with Gasteiger partial charge < -0.3 is 24.6 Å². The van der Waals surface area contributed by atoms with Gasteiger partial charge in [0, 0.05) is 45.1 Å². The van der Waals surface area contributed by atoms with E-state index >= 15 is 0 Å². The number of fused-ring (bicyclic) bond motifs is 1. The van der Waals surface area contributed by atoms with E-state index in [1.807, 2.05) is 12.1 Å². The number of carbonyl (C=O) groups excluding carboxylic acids is 3. The molecule has 0 bridgehead atoms. The minimum Gasteiger partial charge on any atom is -0.489 e. The van der Waals surface area contributed by atoms with Crippen LogP contribution in [0, 0.1) is 5.92 Å². The molecule has 1 unspecified atom stereocenters. The Balaban J connectivity index is 1.28. The van der Waals surface area contributed by atoms with Crippen molar-refractivity contribution in [3.63, 3.8) is 0 Å². The quantitative estimate of drug-likeness (QED) is 0.538. The standard InChI is InChI=1S/C28H31F2N3O5/c1-16(34)33-14-21(19-7-8-24(38-28(29)30)25(11-19)37-15-17-3-4-17)10-23(33)26(35)31-12-18-5-6-20-13-32(2)27(36)22(20)9-18/h5-9,11,17,21,23,28H,3-4,10,12-15H2,1-2H3,(H,31,35)/t21?,23-/m1/s1. The van der Waals surface area contributed by atoms with E-state index in [0.29, 0.717) is 37.6 Å². The monoisotopic (exact) mass is 527 g/mol. The summed E-state index contributed by atoms with van der Waals surface area (Å²) in [5.41, 5.74) is 3.20. The van der Waals surface area contributed by atoms with Gasteiger partial charge in [-0.1, -0.05) is 18.2 Å². The van der Waals surface area contributed by atoms with Crippen LogP contribution in [-0.2, 0) is 22.7 Å². The first kappa shape index (κ1) is 25.9. The predicted molar refractivity (Wildman–Crippen MR) is 134 cm³/mol. The van der Waals surface area contributed by atoms with E-state index < -0.39 is 12.7 Å². The number of ether oxygens (including phenoxy) is 2. The highest BCUT2D eigenvalue weighted by Gasteiger charge is 2.39. The van der Waals surface area contributed by atoms with Crippen molar-refractivity contribution in [2.75, 3.05) is 20.2 Å². The van der Waals surface area contributed by atoms with E-state index in [1.165, 1.54) is 17.9 Å². The number of rotatable bonds is 9. The molecule has 2 aromatic rings. The molecule has 2 aromatic carbocycles. The maximum atomic E-state index is 13.2. The number of carbonyl (C=O) groups is 3. The second kappa shape index (κ2) is 10.6. The van der Waals surface area contributed by atoms with Gasteiger partial charge in [0.15, 0.2) is 11.5 Å². The van der Waals surface area contributed by atoms with Gasteiger partial charge in [0.25, 0.3) is 5.91 Å². The summed E-state index contributed by atoms with van der Waals surface area (Å²) in [6, 6.07) is 9.74. The Kier molecular flexibility index (Phi) is 7.23. The zero-order valence-electron chi connectivity index (χ0n) is 21.4. The van der Waals surface area contributed by atoms with Gasteiger partial charge in [0.1, 0.15) is 6.04 Å². The number of likely N-dealkylation sites (tertiary alicyclic amines) is 1. The molecule has 1 N–H and O–H groups in total. The average molecular weight is 528 g/mol. The summed E-state index contributed by atoms with van der Waals surface area (Å²) in [4.78, 5) is 41.1. The highest BCUT2D eigenvalue weighted by molar-refractivity contribution is 5.98. The van der Waals surface area contributed by atoms with Crippen LogP contribution in [-0.4, -0.2) is 60.4 Å². The molecule has 3 aliphatic rings. The Morgan fingerprint density at radius 2 is 1.92 bits per heavy atom. The molecule has 10 heteroatoms. The topological polar surface area (TPSA) is 88.2 Å². The third kappa shape index (κ3) is 5.58. The summed E-state index contributed by atoms with van der Waals surface area (Å²) in [5.74, 6) is -0.0775. The Morgan fingerprint density at radius 1 is 1.13 bits per heavy atom. The van der Waals surface area contributed by atoms with Crippen molar-refractivity contribution < 1.29 is 32.6 Å². The first-order chi connectivity index (χ1) is 18.2. The van der Waals surface area contributed by atoms with Gasteiger partial charge in [-0.25, -0.2) is 0 Å². The normalized spacial score (nSPS) is 20.6. The number of benzene rings is 2. The van der Waals surface area contributed by atoms with Gasteiger partial charge in [-0.2, -0.15) is 8.78 Å². The van der Waals surface area contributed by atoms with Crippen molar-refractivity contribution in [2.45, 2.75) is 57.8 Å². The molecular formula is C28H31F2N3O5. The number of hydrogen-bond donors (Lipinski definition) is 1. The van der Waals surface area contributed by atoms with Gasteiger partial charge in [0.05, 0.1) is 6.61 Å². The second-order valence-electron chi connectivity index (χ2n) is 10.3. The SMILES string of the molecule is CC(=O)N1CC(c2ccc(OC(F)F)c(OCC3CC3)c2)C[C@@H]1C(=O)NCc1ccc2c(c1)C(=O)N(C)C2. The summed E-state index contributed by atoms with van der Waals surface area (Å²) < 4.78 is 36.2. The molecule has 0 spiro atoms. The zero-order chi connectivity index (χ0) is 27.0. The van der Waals surface area contributed by atoms with E-state index in [1.54, 1.807) is 30.1 Å². The number of halogens is 2. The molecule has 5 rings (SSSR count). The van der Waals surface area contributed by atoms with Gasteiger partial charge in [-0.3, -0.25) is 14.4 Å². The van der Waals surface area contributed by atoms with Crippen LogP contribution < -0.4 is 14.8 Å². The van der Waals surface area contributed by atoms with Gasteiger partial charge >= 0.3 is 6.61 Å². The Hall–Kier alpha value is -3.69. The molecule has 2 atom stereocenters. The zero-order valence-corrected chi connectivity index (χ0v) is 21.4. The van der Waals surface area contributed by atoms with E-state index in [9.17, 15) is 23.2 Å². The molecule has 2 fully saturated rings. The van der Waals surface area contributed by atoms with Crippen molar-refractivity contribution in [1.82, 2.24) is 15.1 Å². The highest BCUT2D eigenvalue weighted by atomic mass is 19.3. The number of nitrogens with zero attached hydrogens (tertiary/aromatic N) is 2. The number of alkyl halides is 2.